The molecule has 9 N–H and O–H groups in total. The third kappa shape index (κ3) is 11.4. The van der Waals surface area contributed by atoms with Crippen LogP contribution in [0.2, 0.25) is 0 Å². The number of likely N-dealkylation sites (N-methyl/N-ethyl adjacent to an activating group) is 1. The van der Waals surface area contributed by atoms with E-state index in [4.69, 9.17) is 5.73 Å². The number of benzene rings is 2. The monoisotopic (exact) mass is 650 g/mol. The SMILES string of the molecule is CNC(=O)[C@H](CC(C)C)NC(=O)[C@@H](Cc1ccc(NC(N)=O)cc1)NC(=O)[C@@H](C)Cc1ccc(NC(=O)[C@@H]2CC(=O)NC(=O)N2)cc1. The number of urea groups is 2. The van der Waals surface area contributed by atoms with Crippen molar-refractivity contribution >= 4 is 53.0 Å². The van der Waals surface area contributed by atoms with Crippen LogP contribution in [0.4, 0.5) is 21.0 Å². The van der Waals surface area contributed by atoms with Gasteiger partial charge >= 0.3 is 12.1 Å². The average molecular weight is 651 g/mol. The van der Waals surface area contributed by atoms with Gasteiger partial charge in [0.1, 0.15) is 18.1 Å². The van der Waals surface area contributed by atoms with Crippen molar-refractivity contribution in [1.29, 1.82) is 0 Å². The highest BCUT2D eigenvalue weighted by Crippen LogP contribution is 2.16. The van der Waals surface area contributed by atoms with Gasteiger partial charge in [0.25, 0.3) is 0 Å². The van der Waals surface area contributed by atoms with Crippen LogP contribution in [0.3, 0.4) is 0 Å². The van der Waals surface area contributed by atoms with Gasteiger partial charge in [-0.3, -0.25) is 29.3 Å². The number of hydrogen-bond donors (Lipinski definition) is 8. The lowest BCUT2D eigenvalue weighted by molar-refractivity contribution is -0.133. The maximum Gasteiger partial charge on any atom is 0.322 e. The Morgan fingerprint density at radius 3 is 1.87 bits per heavy atom. The molecule has 0 aromatic heterocycles. The van der Waals surface area contributed by atoms with Crippen molar-refractivity contribution in [1.82, 2.24) is 26.6 Å². The number of nitrogens with two attached hydrogens (primary N) is 1. The molecule has 15 heteroatoms. The molecule has 4 atom stereocenters. The Bertz CT molecular complexity index is 1460. The average Bonchev–Trinajstić information content (AvgIpc) is 3.00. The number of hydrogen-bond acceptors (Lipinski definition) is 7. The summed E-state index contributed by atoms with van der Waals surface area (Å²) in [4.78, 5) is 86.1. The van der Waals surface area contributed by atoms with Crippen LogP contribution in [0.5, 0.6) is 0 Å². The Morgan fingerprint density at radius 2 is 1.34 bits per heavy atom. The minimum atomic E-state index is -1.01. The first-order chi connectivity index (χ1) is 22.2. The topological polar surface area (TPSA) is 230 Å². The van der Waals surface area contributed by atoms with Gasteiger partial charge in [0.05, 0.1) is 6.42 Å². The number of primary amides is 1. The molecule has 0 saturated carbocycles. The quantitative estimate of drug-likeness (QED) is 0.147. The summed E-state index contributed by atoms with van der Waals surface area (Å²) in [5.41, 5.74) is 7.56. The molecule has 1 aliphatic rings. The highest BCUT2D eigenvalue weighted by atomic mass is 16.2. The summed E-state index contributed by atoms with van der Waals surface area (Å²) < 4.78 is 0. The zero-order chi connectivity index (χ0) is 34.7. The summed E-state index contributed by atoms with van der Waals surface area (Å²) >= 11 is 0. The number of carbonyl (C=O) groups is 7. The highest BCUT2D eigenvalue weighted by Gasteiger charge is 2.30. The summed E-state index contributed by atoms with van der Waals surface area (Å²) in [7, 11) is 1.49. The molecule has 1 aliphatic heterocycles. The molecule has 0 bridgehead atoms. The fraction of sp³-hybridized carbons (Fsp3) is 0.406. The van der Waals surface area contributed by atoms with Crippen LogP contribution in [0.15, 0.2) is 48.5 Å². The van der Waals surface area contributed by atoms with E-state index in [1.54, 1.807) is 55.5 Å². The third-order valence-corrected chi connectivity index (χ3v) is 7.36. The van der Waals surface area contributed by atoms with E-state index < -0.39 is 53.8 Å². The van der Waals surface area contributed by atoms with E-state index in [0.717, 1.165) is 5.56 Å². The minimum Gasteiger partial charge on any atom is -0.357 e. The molecular weight excluding hydrogens is 608 g/mol. The minimum absolute atomic E-state index is 0.112. The maximum atomic E-state index is 13.5. The second kappa shape index (κ2) is 16.7. The maximum absolute atomic E-state index is 13.5. The Labute approximate surface area is 272 Å². The first kappa shape index (κ1) is 36.0. The van der Waals surface area contributed by atoms with E-state index in [1.807, 2.05) is 13.8 Å². The van der Waals surface area contributed by atoms with Crippen molar-refractivity contribution in [3.63, 3.8) is 0 Å². The summed E-state index contributed by atoms with van der Waals surface area (Å²) in [5.74, 6) is -2.79. The van der Waals surface area contributed by atoms with Crippen molar-refractivity contribution in [2.75, 3.05) is 17.7 Å². The Hall–Kier alpha value is -5.47. The van der Waals surface area contributed by atoms with Gasteiger partial charge in [-0.05, 0) is 54.2 Å². The zero-order valence-corrected chi connectivity index (χ0v) is 26.8. The Balaban J connectivity index is 1.68. The first-order valence-electron chi connectivity index (χ1n) is 15.2. The summed E-state index contributed by atoms with van der Waals surface area (Å²) in [6, 6.07) is 9.14. The van der Waals surface area contributed by atoms with Crippen LogP contribution < -0.4 is 43.0 Å². The smallest absolute Gasteiger partial charge is 0.322 e. The zero-order valence-electron chi connectivity index (χ0n) is 26.8. The van der Waals surface area contributed by atoms with Gasteiger partial charge in [0, 0.05) is 30.8 Å². The normalized spacial score (nSPS) is 16.1. The molecule has 0 unspecified atom stereocenters. The van der Waals surface area contributed by atoms with Crippen molar-refractivity contribution < 1.29 is 33.6 Å². The van der Waals surface area contributed by atoms with Crippen molar-refractivity contribution in [2.24, 2.45) is 17.6 Å². The molecule has 0 radical (unpaired) electrons. The van der Waals surface area contributed by atoms with Gasteiger partial charge in [-0.2, -0.15) is 0 Å². The van der Waals surface area contributed by atoms with Gasteiger partial charge in [-0.25, -0.2) is 9.59 Å². The van der Waals surface area contributed by atoms with E-state index in [1.165, 1.54) is 7.05 Å². The molecule has 0 spiro atoms. The van der Waals surface area contributed by atoms with Crippen LogP contribution in [0, 0.1) is 11.8 Å². The Morgan fingerprint density at radius 1 is 0.787 bits per heavy atom. The summed E-state index contributed by atoms with van der Waals surface area (Å²) in [5, 5.41) is 17.8. The second-order valence-corrected chi connectivity index (χ2v) is 11.8. The van der Waals surface area contributed by atoms with E-state index in [-0.39, 0.29) is 30.6 Å². The van der Waals surface area contributed by atoms with E-state index in [0.29, 0.717) is 29.8 Å². The van der Waals surface area contributed by atoms with Crippen LogP contribution in [0.25, 0.3) is 0 Å². The van der Waals surface area contributed by atoms with E-state index >= 15 is 0 Å². The lowest BCUT2D eigenvalue weighted by Gasteiger charge is -2.25. The number of rotatable bonds is 14. The highest BCUT2D eigenvalue weighted by molar-refractivity contribution is 6.05. The third-order valence-electron chi connectivity index (χ3n) is 7.36. The number of imide groups is 1. The second-order valence-electron chi connectivity index (χ2n) is 11.8. The van der Waals surface area contributed by atoms with Gasteiger partial charge in [0.2, 0.25) is 29.5 Å². The van der Waals surface area contributed by atoms with Crippen LogP contribution in [-0.2, 0) is 36.8 Å². The fourth-order valence-corrected chi connectivity index (χ4v) is 4.94. The summed E-state index contributed by atoms with van der Waals surface area (Å²) in [6.07, 6.45) is 0.649. The van der Waals surface area contributed by atoms with Gasteiger partial charge in [-0.1, -0.05) is 45.0 Å². The number of nitrogens with one attached hydrogen (secondary N) is 7. The molecular formula is C32H42N8O7. The molecule has 1 saturated heterocycles. The molecule has 47 heavy (non-hydrogen) atoms. The van der Waals surface area contributed by atoms with Gasteiger partial charge < -0.3 is 37.6 Å². The standard InChI is InChI=1S/C32H42N8O7/c1-17(2)13-23(28(43)34-4)38-30(45)24(15-20-7-11-22(12-8-20)36-31(33)46)37-27(42)18(3)14-19-5-9-21(10-6-19)35-29(44)25-16-26(41)40-32(47)39-25/h5-12,17-18,23-25H,13-16H2,1-4H3,(H,34,43)(H,35,44)(H,37,42)(H,38,45)(H3,33,36,46)(H2,39,40,41,47)/t18-,23-,24+,25-/m0/s1. The molecule has 2 aromatic rings. The predicted octanol–water partition coefficient (Wildman–Crippen LogP) is 0.897. The largest absolute Gasteiger partial charge is 0.357 e. The number of anilines is 2. The van der Waals surface area contributed by atoms with Crippen molar-refractivity contribution in [3.05, 3.63) is 59.7 Å². The van der Waals surface area contributed by atoms with Crippen LogP contribution >= 0.6 is 0 Å². The molecule has 15 nitrogen and oxygen atoms in total. The molecule has 252 valence electrons. The molecule has 9 amide bonds. The van der Waals surface area contributed by atoms with Gasteiger partial charge in [-0.15, -0.1) is 0 Å². The first-order valence-corrected chi connectivity index (χ1v) is 15.2. The van der Waals surface area contributed by atoms with E-state index in [9.17, 15) is 33.6 Å². The number of amides is 9. The lowest BCUT2D eigenvalue weighted by Crippen LogP contribution is -2.56. The molecule has 1 heterocycles. The lowest BCUT2D eigenvalue weighted by atomic mass is 9.98. The number of carbonyl (C=O) groups excluding carboxylic acids is 7. The van der Waals surface area contributed by atoms with Gasteiger partial charge in [0.15, 0.2) is 0 Å². The fourth-order valence-electron chi connectivity index (χ4n) is 4.94. The predicted molar refractivity (Wildman–Crippen MR) is 174 cm³/mol. The van der Waals surface area contributed by atoms with Crippen molar-refractivity contribution in [3.8, 4) is 0 Å². The molecule has 2 aromatic carbocycles. The molecule has 3 rings (SSSR count). The summed E-state index contributed by atoms with van der Waals surface area (Å²) in [6.45, 7) is 5.58. The van der Waals surface area contributed by atoms with Crippen LogP contribution in [-0.4, -0.2) is 66.8 Å². The van der Waals surface area contributed by atoms with Crippen molar-refractivity contribution in [2.45, 2.75) is 64.6 Å². The van der Waals surface area contributed by atoms with Crippen LogP contribution in [0.1, 0.15) is 44.7 Å². The van der Waals surface area contributed by atoms with E-state index in [2.05, 4.69) is 37.2 Å². The Kier molecular flexibility index (Phi) is 12.8. The molecule has 0 aliphatic carbocycles. The molecule has 1 fully saturated rings.